The lowest BCUT2D eigenvalue weighted by Crippen LogP contribution is -2.40. The summed E-state index contributed by atoms with van der Waals surface area (Å²) < 4.78 is 65.2. The number of benzene rings is 1. The lowest BCUT2D eigenvalue weighted by atomic mass is 10.00. The molecule has 0 aliphatic heterocycles. The number of hydrogen-bond acceptors (Lipinski definition) is 7. The number of hydrogen-bond donors (Lipinski definition) is 3. The van der Waals surface area contributed by atoms with Gasteiger partial charge < -0.3 is 15.4 Å². The molecule has 0 radical (unpaired) electrons. The Kier molecular flexibility index (Phi) is 7.97. The van der Waals surface area contributed by atoms with Gasteiger partial charge in [-0.3, -0.25) is 0 Å². The van der Waals surface area contributed by atoms with Gasteiger partial charge >= 0.3 is 12.1 Å². The number of carboxylic acids is 1. The topological polar surface area (TPSA) is 148 Å². The van der Waals surface area contributed by atoms with Gasteiger partial charge in [0.1, 0.15) is 5.82 Å². The molecule has 4 N–H and O–H groups in total. The van der Waals surface area contributed by atoms with E-state index in [2.05, 4.69) is 14.9 Å². The number of aliphatic carboxylic acids is 1. The average Bonchev–Trinajstić information content (AvgIpc) is 3.13. The van der Waals surface area contributed by atoms with Crippen molar-refractivity contribution in [2.45, 2.75) is 51.2 Å². The summed E-state index contributed by atoms with van der Waals surface area (Å²) in [5.41, 5.74) is 9.18. The summed E-state index contributed by atoms with van der Waals surface area (Å²) in [4.78, 5) is 13.3. The van der Waals surface area contributed by atoms with Crippen molar-refractivity contribution in [3.05, 3.63) is 47.8 Å². The highest BCUT2D eigenvalue weighted by molar-refractivity contribution is 7.89. The molecule has 190 valence electrons. The van der Waals surface area contributed by atoms with Crippen LogP contribution in [0.15, 0.2) is 45.9 Å². The quantitative estimate of drug-likeness (QED) is 0.466. The molecule has 13 heteroatoms. The maximum absolute atomic E-state index is 12.7. The summed E-state index contributed by atoms with van der Waals surface area (Å²) in [6.45, 7) is 9.14. The lowest BCUT2D eigenvalue weighted by molar-refractivity contribution is -0.192. The number of pyridine rings is 1. The third kappa shape index (κ3) is 7.52. The van der Waals surface area contributed by atoms with Crippen LogP contribution in [0.4, 0.5) is 19.0 Å². The monoisotopic (exact) mass is 514 g/mol. The summed E-state index contributed by atoms with van der Waals surface area (Å²) in [5.74, 6) is -1.93. The van der Waals surface area contributed by atoms with Crippen molar-refractivity contribution in [1.82, 2.24) is 14.9 Å². The summed E-state index contributed by atoms with van der Waals surface area (Å²) in [5, 5.41) is 11.0. The van der Waals surface area contributed by atoms with Gasteiger partial charge in [0.2, 0.25) is 10.0 Å². The fourth-order valence-electron chi connectivity index (χ4n) is 2.85. The standard InChI is InChI=1S/C20H24N4O3S.C2HF3O2/c1-12-6-7-15(28(25,26)24-20(3,4)5)10-16(12)14-9-17(19(21)22-11-14)18-8-13(2)23-27-18;3-2(4,5)1(6)7/h6-11,24H,1-5H3,(H2,21,22);(H,6,7). The molecule has 0 spiro atoms. The Balaban J connectivity index is 0.000000540. The molecule has 0 amide bonds. The Labute approximate surface area is 200 Å². The van der Waals surface area contributed by atoms with Gasteiger partial charge in [-0.15, -0.1) is 0 Å². The molecule has 0 bridgehead atoms. The van der Waals surface area contributed by atoms with Crippen LogP contribution >= 0.6 is 0 Å². The minimum Gasteiger partial charge on any atom is -0.475 e. The van der Waals surface area contributed by atoms with E-state index in [-0.39, 0.29) is 4.90 Å². The number of alkyl halides is 3. The zero-order chi connectivity index (χ0) is 26.8. The Morgan fingerprint density at radius 3 is 2.17 bits per heavy atom. The van der Waals surface area contributed by atoms with Crippen molar-refractivity contribution in [2.75, 3.05) is 5.73 Å². The Morgan fingerprint density at radius 2 is 1.69 bits per heavy atom. The molecule has 9 nitrogen and oxygen atoms in total. The molecule has 0 unspecified atom stereocenters. The Hall–Kier alpha value is -3.45. The fourth-order valence-corrected chi connectivity index (χ4v) is 4.30. The second-order valence-corrected chi connectivity index (χ2v) is 10.3. The zero-order valence-corrected chi connectivity index (χ0v) is 20.4. The number of halogens is 3. The van der Waals surface area contributed by atoms with Gasteiger partial charge in [-0.25, -0.2) is 22.9 Å². The minimum absolute atomic E-state index is 0.192. The fraction of sp³-hybridized carbons (Fsp3) is 0.318. The van der Waals surface area contributed by atoms with Gasteiger partial charge in [0.25, 0.3) is 0 Å². The van der Waals surface area contributed by atoms with E-state index in [1.807, 2.05) is 19.9 Å². The number of aryl methyl sites for hydroxylation is 2. The molecule has 0 fully saturated rings. The maximum Gasteiger partial charge on any atom is 0.490 e. The van der Waals surface area contributed by atoms with Crippen molar-refractivity contribution in [3.8, 4) is 22.5 Å². The molecular weight excluding hydrogens is 489 g/mol. The molecule has 2 heterocycles. The number of aromatic nitrogens is 2. The zero-order valence-electron chi connectivity index (χ0n) is 19.6. The van der Waals surface area contributed by atoms with Gasteiger partial charge in [0.05, 0.1) is 16.2 Å². The van der Waals surface area contributed by atoms with Gasteiger partial charge in [-0.05, 0) is 63.9 Å². The molecule has 0 saturated heterocycles. The van der Waals surface area contributed by atoms with Crippen molar-refractivity contribution in [2.24, 2.45) is 0 Å². The molecule has 1 aromatic carbocycles. The average molecular weight is 515 g/mol. The molecule has 2 aromatic heterocycles. The third-order valence-electron chi connectivity index (χ3n) is 4.33. The first-order valence-electron chi connectivity index (χ1n) is 10.0. The number of nitrogens with two attached hydrogens (primary N) is 1. The van der Waals surface area contributed by atoms with E-state index in [0.29, 0.717) is 17.1 Å². The number of carboxylic acid groups (broad SMARTS) is 1. The predicted octanol–water partition coefficient (Wildman–Crippen LogP) is 4.31. The largest absolute Gasteiger partial charge is 0.490 e. The van der Waals surface area contributed by atoms with E-state index in [0.717, 1.165) is 22.4 Å². The normalized spacial score (nSPS) is 12.1. The summed E-state index contributed by atoms with van der Waals surface area (Å²) in [6.07, 6.45) is -3.46. The van der Waals surface area contributed by atoms with Crippen LogP contribution < -0.4 is 10.5 Å². The van der Waals surface area contributed by atoms with Crippen LogP contribution in [0.5, 0.6) is 0 Å². The maximum atomic E-state index is 12.7. The highest BCUT2D eigenvalue weighted by atomic mass is 32.2. The van der Waals surface area contributed by atoms with Crippen LogP contribution in [0.3, 0.4) is 0 Å². The van der Waals surface area contributed by atoms with Crippen molar-refractivity contribution in [3.63, 3.8) is 0 Å². The van der Waals surface area contributed by atoms with Crippen molar-refractivity contribution in [1.29, 1.82) is 0 Å². The number of rotatable bonds is 4. The van der Waals surface area contributed by atoms with Crippen LogP contribution in [0.25, 0.3) is 22.5 Å². The van der Waals surface area contributed by atoms with E-state index in [1.54, 1.807) is 51.2 Å². The number of nitrogens with zero attached hydrogens (tertiary/aromatic N) is 2. The van der Waals surface area contributed by atoms with Crippen LogP contribution in [0.2, 0.25) is 0 Å². The molecule has 3 aromatic rings. The molecule has 0 aliphatic carbocycles. The minimum atomic E-state index is -5.08. The van der Waals surface area contributed by atoms with E-state index < -0.39 is 27.7 Å². The molecule has 35 heavy (non-hydrogen) atoms. The van der Waals surface area contributed by atoms with Crippen LogP contribution in [0.1, 0.15) is 32.0 Å². The molecule has 0 aliphatic rings. The van der Waals surface area contributed by atoms with Crippen molar-refractivity contribution < 1.29 is 36.0 Å². The highest BCUT2D eigenvalue weighted by Crippen LogP contribution is 2.32. The molecule has 0 saturated carbocycles. The second-order valence-electron chi connectivity index (χ2n) is 8.62. The van der Waals surface area contributed by atoms with Gasteiger partial charge in [-0.1, -0.05) is 11.2 Å². The van der Waals surface area contributed by atoms with E-state index >= 15 is 0 Å². The van der Waals surface area contributed by atoms with Gasteiger partial charge in [0.15, 0.2) is 5.76 Å². The summed E-state index contributed by atoms with van der Waals surface area (Å²) >= 11 is 0. The Morgan fingerprint density at radius 1 is 1.09 bits per heavy atom. The van der Waals surface area contributed by atoms with Gasteiger partial charge in [0, 0.05) is 23.4 Å². The van der Waals surface area contributed by atoms with Gasteiger partial charge in [-0.2, -0.15) is 13.2 Å². The third-order valence-corrected chi connectivity index (χ3v) is 6.08. The first kappa shape index (κ1) is 27.8. The molecule has 0 atom stereocenters. The number of carbonyl (C=O) groups is 1. The smallest absolute Gasteiger partial charge is 0.475 e. The Bertz CT molecular complexity index is 1330. The first-order chi connectivity index (χ1) is 15.9. The number of sulfonamides is 1. The van der Waals surface area contributed by atoms with E-state index in [4.69, 9.17) is 20.2 Å². The van der Waals surface area contributed by atoms with Crippen LogP contribution in [-0.2, 0) is 14.8 Å². The molecule has 3 rings (SSSR count). The van der Waals surface area contributed by atoms with E-state index in [9.17, 15) is 21.6 Å². The number of nitrogens with one attached hydrogen (secondary N) is 1. The molecular formula is C22H25F3N4O5S. The van der Waals surface area contributed by atoms with Crippen molar-refractivity contribution >= 4 is 21.8 Å². The first-order valence-corrected chi connectivity index (χ1v) is 11.5. The summed E-state index contributed by atoms with van der Waals surface area (Å²) in [6, 6.07) is 8.63. The SMILES string of the molecule is Cc1cc(-c2cc(-c3cc(S(=O)(=O)NC(C)(C)C)ccc3C)cnc2N)on1.O=C(O)C(F)(F)F. The lowest BCUT2D eigenvalue weighted by Gasteiger charge is -2.21. The van der Waals surface area contributed by atoms with Crippen LogP contribution in [-0.4, -0.2) is 41.3 Å². The number of nitrogen functional groups attached to an aromatic ring is 1. The van der Waals surface area contributed by atoms with Crippen LogP contribution in [0, 0.1) is 13.8 Å². The second kappa shape index (κ2) is 10.0. The highest BCUT2D eigenvalue weighted by Gasteiger charge is 2.38. The number of anilines is 1. The predicted molar refractivity (Wildman–Crippen MR) is 123 cm³/mol. The summed E-state index contributed by atoms with van der Waals surface area (Å²) in [7, 11) is -3.66. The van der Waals surface area contributed by atoms with E-state index in [1.165, 1.54) is 0 Å².